The molecule has 6 heterocycles. The normalized spacial score (nSPS) is 19.0. The summed E-state index contributed by atoms with van der Waals surface area (Å²) in [4.78, 5) is 30.1. The first kappa shape index (κ1) is 26.6. The molecule has 3 aliphatic rings. The highest BCUT2D eigenvalue weighted by molar-refractivity contribution is 5.97. The molecule has 2 saturated heterocycles. The molecule has 0 aliphatic carbocycles. The topological polar surface area (TPSA) is 111 Å². The molecule has 2 fully saturated rings. The van der Waals surface area contributed by atoms with Crippen LogP contribution in [0.2, 0.25) is 0 Å². The number of nitrogens with one attached hydrogen (secondary N) is 2. The molecule has 3 aromatic rings. The molecule has 1 amide bonds. The van der Waals surface area contributed by atoms with Gasteiger partial charge >= 0.3 is 0 Å². The maximum absolute atomic E-state index is 14.8. The van der Waals surface area contributed by atoms with E-state index in [2.05, 4.69) is 41.5 Å². The molecule has 0 bridgehead atoms. The summed E-state index contributed by atoms with van der Waals surface area (Å²) in [6.07, 6.45) is 8.56. The van der Waals surface area contributed by atoms with Crippen molar-refractivity contribution in [2.24, 2.45) is 18.9 Å². The van der Waals surface area contributed by atoms with Gasteiger partial charge in [0.15, 0.2) is 5.82 Å². The summed E-state index contributed by atoms with van der Waals surface area (Å²) in [6.45, 7) is 5.87. The number of amides is 1. The lowest BCUT2D eigenvalue weighted by Crippen LogP contribution is -2.41. The second-order valence-corrected chi connectivity index (χ2v) is 11.1. The Kier molecular flexibility index (Phi) is 7.66. The number of rotatable bonds is 7. The first-order valence-corrected chi connectivity index (χ1v) is 14.3. The highest BCUT2D eigenvalue weighted by Gasteiger charge is 2.30. The van der Waals surface area contributed by atoms with Crippen LogP contribution >= 0.6 is 0 Å². The molecular formula is C29H37FN8O2. The molecule has 0 radical (unpaired) electrons. The Morgan fingerprint density at radius 3 is 2.50 bits per heavy atom. The van der Waals surface area contributed by atoms with Crippen LogP contribution in [0.25, 0.3) is 11.4 Å². The van der Waals surface area contributed by atoms with E-state index in [4.69, 9.17) is 0 Å². The van der Waals surface area contributed by atoms with E-state index in [1.807, 2.05) is 23.9 Å². The van der Waals surface area contributed by atoms with Crippen molar-refractivity contribution < 1.29 is 14.3 Å². The number of β-amino-alcohol motifs (C(OH)–C–C–N with tert-alkyl or cyclic N) is 1. The minimum absolute atomic E-state index is 0.140. The maximum Gasteiger partial charge on any atom is 0.253 e. The largest absolute Gasteiger partial charge is 0.395 e. The van der Waals surface area contributed by atoms with E-state index in [-0.39, 0.29) is 24.2 Å². The fraction of sp³-hybridized carbons (Fsp3) is 0.517. The van der Waals surface area contributed by atoms with Crippen LogP contribution in [-0.2, 0) is 13.5 Å². The summed E-state index contributed by atoms with van der Waals surface area (Å²) < 4.78 is 16.6. The molecule has 11 heteroatoms. The van der Waals surface area contributed by atoms with Gasteiger partial charge < -0.3 is 30.1 Å². The highest BCUT2D eigenvalue weighted by atomic mass is 19.1. The smallest absolute Gasteiger partial charge is 0.253 e. The van der Waals surface area contributed by atoms with Crippen molar-refractivity contribution in [1.29, 1.82) is 0 Å². The van der Waals surface area contributed by atoms with Crippen LogP contribution in [0.3, 0.4) is 0 Å². The molecule has 0 spiro atoms. The molecule has 6 rings (SSSR count). The van der Waals surface area contributed by atoms with E-state index in [0.717, 1.165) is 62.1 Å². The lowest BCUT2D eigenvalue weighted by atomic mass is 9.78. The maximum atomic E-state index is 14.8. The molecule has 3 aliphatic heterocycles. The third-order valence-corrected chi connectivity index (χ3v) is 8.84. The van der Waals surface area contributed by atoms with Crippen LogP contribution in [0.15, 0.2) is 30.6 Å². The van der Waals surface area contributed by atoms with Crippen LogP contribution < -0.4 is 15.5 Å². The van der Waals surface area contributed by atoms with Gasteiger partial charge in [0.05, 0.1) is 35.9 Å². The summed E-state index contributed by atoms with van der Waals surface area (Å²) >= 11 is 0. The fourth-order valence-electron chi connectivity index (χ4n) is 6.55. The highest BCUT2D eigenvalue weighted by Crippen LogP contribution is 2.34. The average Bonchev–Trinajstić information content (AvgIpc) is 3.32. The number of likely N-dealkylation sites (tertiary alicyclic amines) is 1. The number of pyridine rings is 1. The van der Waals surface area contributed by atoms with Crippen molar-refractivity contribution >= 4 is 23.4 Å². The average molecular weight is 549 g/mol. The molecular weight excluding hydrogens is 511 g/mol. The van der Waals surface area contributed by atoms with Gasteiger partial charge in [-0.2, -0.15) is 0 Å². The number of aromatic nitrogens is 4. The minimum Gasteiger partial charge on any atom is -0.395 e. The SMILES string of the molecule is Cn1c(-c2nc(Nc3ccc(N4CCC(C5CCN(CCO)CC5)CC4)cn3)ncc2F)cc2c1CCNC2=O. The van der Waals surface area contributed by atoms with E-state index >= 15 is 0 Å². The van der Waals surface area contributed by atoms with Crippen molar-refractivity contribution in [3.63, 3.8) is 0 Å². The Balaban J connectivity index is 1.08. The van der Waals surface area contributed by atoms with Crippen LogP contribution in [0.1, 0.15) is 41.7 Å². The Labute approximate surface area is 233 Å². The van der Waals surface area contributed by atoms with E-state index in [1.165, 1.54) is 25.7 Å². The Morgan fingerprint density at radius 1 is 1.07 bits per heavy atom. The van der Waals surface area contributed by atoms with Crippen molar-refractivity contribution in [2.75, 3.05) is 56.1 Å². The van der Waals surface area contributed by atoms with E-state index in [9.17, 15) is 14.3 Å². The lowest BCUT2D eigenvalue weighted by Gasteiger charge is -2.40. The summed E-state index contributed by atoms with van der Waals surface area (Å²) in [5, 5.41) is 15.1. The number of carbonyl (C=O) groups excluding carboxylic acids is 1. The predicted molar refractivity (Wildman–Crippen MR) is 151 cm³/mol. The van der Waals surface area contributed by atoms with Gasteiger partial charge in [0, 0.05) is 45.3 Å². The van der Waals surface area contributed by atoms with Gasteiger partial charge in [-0.15, -0.1) is 0 Å². The number of piperidine rings is 2. The number of aliphatic hydroxyl groups excluding tert-OH is 1. The van der Waals surface area contributed by atoms with E-state index in [1.54, 1.807) is 6.07 Å². The molecule has 0 atom stereocenters. The number of fused-ring (bicyclic) bond motifs is 1. The van der Waals surface area contributed by atoms with Gasteiger partial charge in [0.25, 0.3) is 5.91 Å². The van der Waals surface area contributed by atoms with E-state index in [0.29, 0.717) is 30.0 Å². The van der Waals surface area contributed by atoms with Gasteiger partial charge in [-0.3, -0.25) is 4.79 Å². The summed E-state index contributed by atoms with van der Waals surface area (Å²) in [6, 6.07) is 5.64. The quantitative estimate of drug-likeness (QED) is 0.413. The number of nitrogens with zero attached hydrogens (tertiary/aromatic N) is 6. The monoisotopic (exact) mass is 548 g/mol. The molecule has 0 saturated carbocycles. The van der Waals surface area contributed by atoms with Gasteiger partial charge in [-0.1, -0.05) is 0 Å². The number of hydrogen-bond acceptors (Lipinski definition) is 8. The zero-order chi connectivity index (χ0) is 27.6. The van der Waals surface area contributed by atoms with Crippen LogP contribution in [0, 0.1) is 17.7 Å². The summed E-state index contributed by atoms with van der Waals surface area (Å²) in [5.74, 6) is 1.69. The number of hydrogen-bond donors (Lipinski definition) is 3. The number of anilines is 3. The second-order valence-electron chi connectivity index (χ2n) is 11.1. The van der Waals surface area contributed by atoms with Gasteiger partial charge in [-0.25, -0.2) is 19.3 Å². The number of halogens is 1. The molecule has 212 valence electrons. The Morgan fingerprint density at radius 2 is 1.82 bits per heavy atom. The molecule has 40 heavy (non-hydrogen) atoms. The third-order valence-electron chi connectivity index (χ3n) is 8.84. The molecule has 3 N–H and O–H groups in total. The first-order valence-electron chi connectivity index (χ1n) is 14.3. The molecule has 0 unspecified atom stereocenters. The number of aliphatic hydroxyl groups is 1. The standard InChI is InChI=1S/C29H37FN8O2/c1-36-24-4-9-31-28(40)22(24)16-25(36)27-23(30)18-33-29(35-27)34-26-3-2-21(17-32-26)38-12-7-20(8-13-38)19-5-10-37(11-6-19)14-15-39/h2-3,16-20,39H,4-15H2,1H3,(H,31,40)(H,32,33,34,35). The molecule has 10 nitrogen and oxygen atoms in total. The Hall–Kier alpha value is -3.57. The van der Waals surface area contributed by atoms with Crippen LogP contribution in [0.4, 0.5) is 21.8 Å². The van der Waals surface area contributed by atoms with Crippen molar-refractivity contribution in [3.05, 3.63) is 47.7 Å². The van der Waals surface area contributed by atoms with Crippen molar-refractivity contribution in [2.45, 2.75) is 32.1 Å². The van der Waals surface area contributed by atoms with Crippen LogP contribution in [0.5, 0.6) is 0 Å². The lowest BCUT2D eigenvalue weighted by molar-refractivity contribution is 0.0945. The zero-order valence-corrected chi connectivity index (χ0v) is 22.9. The fourth-order valence-corrected chi connectivity index (χ4v) is 6.55. The van der Waals surface area contributed by atoms with Crippen molar-refractivity contribution in [3.8, 4) is 11.4 Å². The van der Waals surface area contributed by atoms with Gasteiger partial charge in [0.1, 0.15) is 11.5 Å². The summed E-state index contributed by atoms with van der Waals surface area (Å²) in [7, 11) is 1.83. The van der Waals surface area contributed by atoms with Gasteiger partial charge in [0.2, 0.25) is 5.95 Å². The molecule has 3 aromatic heterocycles. The number of carbonyl (C=O) groups is 1. The van der Waals surface area contributed by atoms with E-state index < -0.39 is 5.82 Å². The third kappa shape index (κ3) is 5.40. The first-order chi connectivity index (χ1) is 19.5. The minimum atomic E-state index is -0.550. The van der Waals surface area contributed by atoms with Crippen molar-refractivity contribution in [1.82, 2.24) is 29.7 Å². The Bertz CT molecular complexity index is 1340. The predicted octanol–water partition coefficient (Wildman–Crippen LogP) is 2.97. The second kappa shape index (κ2) is 11.5. The zero-order valence-electron chi connectivity index (χ0n) is 22.9. The van der Waals surface area contributed by atoms with Gasteiger partial charge in [-0.05, 0) is 68.8 Å². The van der Waals surface area contributed by atoms with Crippen LogP contribution in [-0.4, -0.2) is 81.3 Å². The summed E-state index contributed by atoms with van der Waals surface area (Å²) in [5.41, 5.74) is 3.19. The molecule has 0 aromatic carbocycles.